The lowest BCUT2D eigenvalue weighted by Crippen LogP contribution is -1.98. The molecule has 5 heteroatoms. The van der Waals surface area contributed by atoms with E-state index >= 15 is 0 Å². The number of rotatable bonds is 6. The highest BCUT2D eigenvalue weighted by Gasteiger charge is 2.09. The van der Waals surface area contributed by atoms with Gasteiger partial charge in [0.2, 0.25) is 5.89 Å². The summed E-state index contributed by atoms with van der Waals surface area (Å²) in [5, 5.41) is 0. The fourth-order valence-corrected chi connectivity index (χ4v) is 2.29. The molecule has 0 bridgehead atoms. The van der Waals surface area contributed by atoms with Gasteiger partial charge in [0.25, 0.3) is 0 Å². The lowest BCUT2D eigenvalue weighted by Gasteiger charge is -2.09. The number of hydrogen-bond acceptors (Lipinski definition) is 5. The van der Waals surface area contributed by atoms with Crippen molar-refractivity contribution in [2.75, 3.05) is 14.2 Å². The van der Waals surface area contributed by atoms with Gasteiger partial charge in [-0.15, -0.1) is 0 Å². The molecule has 0 saturated heterocycles. The number of oxazole rings is 1. The molecule has 0 unspecified atom stereocenters. The van der Waals surface area contributed by atoms with Crippen molar-refractivity contribution in [2.24, 2.45) is 0 Å². The highest BCUT2D eigenvalue weighted by molar-refractivity contribution is 5.54. The molecule has 0 radical (unpaired) electrons. The van der Waals surface area contributed by atoms with Gasteiger partial charge in [-0.25, -0.2) is 4.98 Å². The van der Waals surface area contributed by atoms with E-state index in [1.807, 2.05) is 49.4 Å². The smallest absolute Gasteiger partial charge is 0.226 e. The maximum absolute atomic E-state index is 5.79. The van der Waals surface area contributed by atoms with Gasteiger partial charge in [-0.1, -0.05) is 6.07 Å². The fraction of sp³-hybridized carbons (Fsp3) is 0.211. The summed E-state index contributed by atoms with van der Waals surface area (Å²) in [4.78, 5) is 4.45. The first-order chi connectivity index (χ1) is 11.7. The number of methoxy groups -OCH3 is 2. The van der Waals surface area contributed by atoms with Crippen LogP contribution in [0.15, 0.2) is 53.1 Å². The van der Waals surface area contributed by atoms with Gasteiger partial charge >= 0.3 is 0 Å². The Labute approximate surface area is 140 Å². The quantitative estimate of drug-likeness (QED) is 0.678. The average Bonchev–Trinajstić information content (AvgIpc) is 3.09. The van der Waals surface area contributed by atoms with Crippen molar-refractivity contribution in [3.63, 3.8) is 0 Å². The van der Waals surface area contributed by atoms with Crippen molar-refractivity contribution < 1.29 is 18.6 Å². The van der Waals surface area contributed by atoms with Crippen molar-refractivity contribution in [1.29, 1.82) is 0 Å². The van der Waals surface area contributed by atoms with E-state index in [9.17, 15) is 0 Å². The van der Waals surface area contributed by atoms with Crippen LogP contribution in [0.25, 0.3) is 11.5 Å². The highest BCUT2D eigenvalue weighted by atomic mass is 16.5. The molecule has 0 aliphatic rings. The Kier molecular flexibility index (Phi) is 4.70. The molecule has 1 heterocycles. The Bertz CT molecular complexity index is 808. The predicted molar refractivity (Wildman–Crippen MR) is 90.6 cm³/mol. The zero-order chi connectivity index (χ0) is 16.9. The molecular weight excluding hydrogens is 306 g/mol. The van der Waals surface area contributed by atoms with Crippen LogP contribution in [0.1, 0.15) is 11.3 Å². The molecule has 0 aliphatic carbocycles. The number of hydrogen-bond donors (Lipinski definition) is 0. The van der Waals surface area contributed by atoms with E-state index in [-0.39, 0.29) is 0 Å². The van der Waals surface area contributed by atoms with Crippen LogP contribution >= 0.6 is 0 Å². The molecule has 1 aromatic heterocycles. The lowest BCUT2D eigenvalue weighted by atomic mass is 10.2. The minimum Gasteiger partial charge on any atom is -0.497 e. The second kappa shape index (κ2) is 7.08. The van der Waals surface area contributed by atoms with Crippen LogP contribution < -0.4 is 14.2 Å². The summed E-state index contributed by atoms with van der Waals surface area (Å²) in [6.45, 7) is 2.31. The van der Waals surface area contributed by atoms with Crippen molar-refractivity contribution in [3.05, 3.63) is 60.0 Å². The average molecular weight is 325 g/mol. The third-order valence-electron chi connectivity index (χ3n) is 3.58. The Morgan fingerprint density at radius 2 is 1.75 bits per heavy atom. The molecule has 0 fully saturated rings. The van der Waals surface area contributed by atoms with Crippen LogP contribution in [-0.4, -0.2) is 19.2 Å². The van der Waals surface area contributed by atoms with Gasteiger partial charge in [0.05, 0.1) is 14.2 Å². The van der Waals surface area contributed by atoms with E-state index in [0.29, 0.717) is 29.7 Å². The molecule has 0 saturated carbocycles. The normalized spacial score (nSPS) is 10.5. The summed E-state index contributed by atoms with van der Waals surface area (Å²) in [5.41, 5.74) is 2.71. The SMILES string of the molecule is COc1ccc(-c2nc(COc3ccc(C)cc3OC)co2)cc1. The molecule has 3 rings (SSSR count). The minimum absolute atomic E-state index is 0.305. The van der Waals surface area contributed by atoms with E-state index in [0.717, 1.165) is 16.9 Å². The summed E-state index contributed by atoms with van der Waals surface area (Å²) in [6.07, 6.45) is 1.60. The van der Waals surface area contributed by atoms with E-state index in [1.165, 1.54) is 0 Å². The van der Waals surface area contributed by atoms with Crippen LogP contribution in [0.2, 0.25) is 0 Å². The summed E-state index contributed by atoms with van der Waals surface area (Å²) in [7, 11) is 3.26. The Hall–Kier alpha value is -2.95. The topological polar surface area (TPSA) is 53.7 Å². The summed E-state index contributed by atoms with van der Waals surface area (Å²) in [5.74, 6) is 2.72. The monoisotopic (exact) mass is 325 g/mol. The van der Waals surface area contributed by atoms with Gasteiger partial charge in [-0.05, 0) is 48.9 Å². The molecule has 0 aliphatic heterocycles. The summed E-state index contributed by atoms with van der Waals surface area (Å²) in [6, 6.07) is 13.3. The second-order valence-corrected chi connectivity index (χ2v) is 5.32. The zero-order valence-electron chi connectivity index (χ0n) is 13.9. The molecule has 124 valence electrons. The molecular formula is C19H19NO4. The summed E-state index contributed by atoms with van der Waals surface area (Å²) >= 11 is 0. The van der Waals surface area contributed by atoms with Gasteiger partial charge < -0.3 is 18.6 Å². The maximum atomic E-state index is 5.79. The van der Waals surface area contributed by atoms with Crippen molar-refractivity contribution in [3.8, 4) is 28.7 Å². The van der Waals surface area contributed by atoms with Crippen molar-refractivity contribution >= 4 is 0 Å². The van der Waals surface area contributed by atoms with Crippen LogP contribution in [-0.2, 0) is 6.61 Å². The predicted octanol–water partition coefficient (Wildman–Crippen LogP) is 4.25. The Balaban J connectivity index is 1.70. The van der Waals surface area contributed by atoms with Gasteiger partial charge in [0.15, 0.2) is 11.5 Å². The second-order valence-electron chi connectivity index (χ2n) is 5.32. The van der Waals surface area contributed by atoms with E-state index in [1.54, 1.807) is 20.5 Å². The van der Waals surface area contributed by atoms with E-state index in [2.05, 4.69) is 4.98 Å². The van der Waals surface area contributed by atoms with Crippen molar-refractivity contribution in [1.82, 2.24) is 4.98 Å². The maximum Gasteiger partial charge on any atom is 0.226 e. The minimum atomic E-state index is 0.305. The standard InChI is InChI=1S/C19H19NO4/c1-13-4-9-17(18(10-13)22-3)23-11-15-12-24-19(20-15)14-5-7-16(21-2)8-6-14/h4-10,12H,11H2,1-3H3. The number of aromatic nitrogens is 1. The van der Waals surface area contributed by atoms with Crippen LogP contribution in [0.4, 0.5) is 0 Å². The first-order valence-corrected chi connectivity index (χ1v) is 7.56. The number of ether oxygens (including phenoxy) is 3. The molecule has 0 N–H and O–H groups in total. The largest absolute Gasteiger partial charge is 0.497 e. The molecule has 24 heavy (non-hydrogen) atoms. The Morgan fingerprint density at radius 3 is 2.46 bits per heavy atom. The van der Waals surface area contributed by atoms with E-state index < -0.39 is 0 Å². The number of aryl methyl sites for hydroxylation is 1. The van der Waals surface area contributed by atoms with Gasteiger partial charge in [-0.2, -0.15) is 0 Å². The van der Waals surface area contributed by atoms with Gasteiger partial charge in [0.1, 0.15) is 24.3 Å². The van der Waals surface area contributed by atoms with Crippen LogP contribution in [0.5, 0.6) is 17.2 Å². The van der Waals surface area contributed by atoms with Gasteiger partial charge in [0, 0.05) is 5.56 Å². The lowest BCUT2D eigenvalue weighted by molar-refractivity contribution is 0.280. The molecule has 0 atom stereocenters. The first-order valence-electron chi connectivity index (χ1n) is 7.56. The molecule has 0 spiro atoms. The van der Waals surface area contributed by atoms with Crippen molar-refractivity contribution in [2.45, 2.75) is 13.5 Å². The van der Waals surface area contributed by atoms with Gasteiger partial charge in [-0.3, -0.25) is 0 Å². The number of nitrogens with zero attached hydrogens (tertiary/aromatic N) is 1. The molecule has 3 aromatic rings. The third-order valence-corrected chi connectivity index (χ3v) is 3.58. The fourth-order valence-electron chi connectivity index (χ4n) is 2.29. The molecule has 5 nitrogen and oxygen atoms in total. The first kappa shape index (κ1) is 15.9. The highest BCUT2D eigenvalue weighted by Crippen LogP contribution is 2.29. The Morgan fingerprint density at radius 1 is 0.958 bits per heavy atom. The molecule has 2 aromatic carbocycles. The zero-order valence-corrected chi connectivity index (χ0v) is 13.9. The third kappa shape index (κ3) is 3.51. The van der Waals surface area contributed by atoms with Crippen LogP contribution in [0.3, 0.4) is 0 Å². The number of benzene rings is 2. The summed E-state index contributed by atoms with van der Waals surface area (Å²) < 4.78 is 21.8. The van der Waals surface area contributed by atoms with Crippen LogP contribution in [0, 0.1) is 6.92 Å². The molecule has 0 amide bonds. The van der Waals surface area contributed by atoms with E-state index in [4.69, 9.17) is 18.6 Å².